The van der Waals surface area contributed by atoms with Crippen molar-refractivity contribution in [2.75, 3.05) is 18.1 Å². The van der Waals surface area contributed by atoms with E-state index in [4.69, 9.17) is 20.4 Å². The van der Waals surface area contributed by atoms with Crippen LogP contribution in [0.5, 0.6) is 5.75 Å². The molecule has 7 nitrogen and oxygen atoms in total. The van der Waals surface area contributed by atoms with Gasteiger partial charge in [-0.2, -0.15) is 0 Å². The van der Waals surface area contributed by atoms with E-state index in [0.717, 1.165) is 89.0 Å². The molecule has 1 aliphatic heterocycles. The number of ether oxygens (including phenoxy) is 1. The molecule has 3 heterocycles. The number of aromatic amines is 1. The molecule has 2 aromatic heterocycles. The first kappa shape index (κ1) is 23.0. The molecular formula is C29H34N6O. The maximum Gasteiger partial charge on any atom is 0.147 e. The third-order valence-electron chi connectivity index (χ3n) is 7.46. The van der Waals surface area contributed by atoms with E-state index in [9.17, 15) is 0 Å². The summed E-state index contributed by atoms with van der Waals surface area (Å²) < 4.78 is 6.20. The molecule has 2 aliphatic rings. The number of benzene rings is 2. The average molecular weight is 483 g/mol. The Bertz CT molecular complexity index is 1450. The molecule has 1 atom stereocenters. The zero-order chi connectivity index (χ0) is 25.0. The number of nitrogens with one attached hydrogen (secondary N) is 1. The highest BCUT2D eigenvalue weighted by Gasteiger charge is 2.32. The van der Waals surface area contributed by atoms with E-state index in [-0.39, 0.29) is 11.5 Å². The second kappa shape index (κ2) is 8.59. The third kappa shape index (κ3) is 4.22. The summed E-state index contributed by atoms with van der Waals surface area (Å²) in [6.07, 6.45) is 3.08. The van der Waals surface area contributed by atoms with E-state index in [0.29, 0.717) is 6.61 Å². The Hall–Kier alpha value is -3.45. The van der Waals surface area contributed by atoms with Crippen LogP contribution in [-0.2, 0) is 19.4 Å². The number of aryl methyl sites for hydroxylation is 2. The number of hydrogen-bond donors (Lipinski definition) is 2. The summed E-state index contributed by atoms with van der Waals surface area (Å²) >= 11 is 0. The first-order valence-corrected chi connectivity index (χ1v) is 12.9. The van der Waals surface area contributed by atoms with E-state index in [1.54, 1.807) is 0 Å². The van der Waals surface area contributed by atoms with Gasteiger partial charge < -0.3 is 20.4 Å². The van der Waals surface area contributed by atoms with Crippen molar-refractivity contribution < 1.29 is 4.74 Å². The number of nitrogens with two attached hydrogens (primary N) is 1. The standard InChI is InChI=1S/C29H34N6O/c1-17(30)27-33-23-9-10-29(3,4)15-22(23)28(34-27)35-11-12-36-26-8-6-19(13-21(26)16-35)20-5-7-24-25(14-20)32-18(2)31-24/h5-8,13-14,17H,9-12,15-16,30H2,1-4H3,(H,31,32). The lowest BCUT2D eigenvalue weighted by atomic mass is 9.76. The number of aromatic nitrogens is 4. The minimum atomic E-state index is -0.202. The molecular weight excluding hydrogens is 448 g/mol. The molecule has 0 spiro atoms. The highest BCUT2D eigenvalue weighted by atomic mass is 16.5. The highest BCUT2D eigenvalue weighted by Crippen LogP contribution is 2.39. The summed E-state index contributed by atoms with van der Waals surface area (Å²) in [5.41, 5.74) is 14.4. The lowest BCUT2D eigenvalue weighted by molar-refractivity contribution is 0.310. The maximum absolute atomic E-state index is 6.26. The molecule has 6 rings (SSSR count). The monoisotopic (exact) mass is 482 g/mol. The molecule has 4 aromatic rings. The molecule has 0 bridgehead atoms. The Kier molecular flexibility index (Phi) is 5.48. The van der Waals surface area contributed by atoms with Gasteiger partial charge in [-0.25, -0.2) is 15.0 Å². The lowest BCUT2D eigenvalue weighted by Gasteiger charge is -2.34. The Balaban J connectivity index is 1.39. The van der Waals surface area contributed by atoms with E-state index in [1.165, 1.54) is 5.56 Å². The fraction of sp³-hybridized carbons (Fsp3) is 0.414. The van der Waals surface area contributed by atoms with Crippen LogP contribution in [0.2, 0.25) is 0 Å². The van der Waals surface area contributed by atoms with Gasteiger partial charge in [0.1, 0.15) is 29.8 Å². The van der Waals surface area contributed by atoms with E-state index in [1.807, 2.05) is 13.8 Å². The lowest BCUT2D eigenvalue weighted by Crippen LogP contribution is -2.32. The predicted octanol–water partition coefficient (Wildman–Crippen LogP) is 5.26. The fourth-order valence-electron chi connectivity index (χ4n) is 5.48. The molecule has 3 N–H and O–H groups in total. The first-order chi connectivity index (χ1) is 17.3. The van der Waals surface area contributed by atoms with Crippen LogP contribution in [0, 0.1) is 12.3 Å². The Labute approximate surface area is 212 Å². The quantitative estimate of drug-likeness (QED) is 0.414. The van der Waals surface area contributed by atoms with Gasteiger partial charge in [-0.05, 0) is 73.9 Å². The number of anilines is 1. The van der Waals surface area contributed by atoms with Crippen LogP contribution in [0.15, 0.2) is 36.4 Å². The highest BCUT2D eigenvalue weighted by molar-refractivity contribution is 5.82. The van der Waals surface area contributed by atoms with Gasteiger partial charge in [0.2, 0.25) is 0 Å². The SMILES string of the molecule is Cc1nc2ccc(-c3ccc4c(c3)CN(c3nc(C(C)N)nc5c3CC(C)(C)CC5)CCO4)cc2[nH]1. The van der Waals surface area contributed by atoms with Gasteiger partial charge in [0.25, 0.3) is 0 Å². The molecule has 0 amide bonds. The fourth-order valence-corrected chi connectivity index (χ4v) is 5.48. The van der Waals surface area contributed by atoms with Crippen molar-refractivity contribution in [3.8, 4) is 16.9 Å². The van der Waals surface area contributed by atoms with Crippen LogP contribution in [0.4, 0.5) is 5.82 Å². The summed E-state index contributed by atoms with van der Waals surface area (Å²) in [4.78, 5) is 20.2. The Morgan fingerprint density at radius 2 is 1.89 bits per heavy atom. The number of hydrogen-bond acceptors (Lipinski definition) is 6. The van der Waals surface area contributed by atoms with Gasteiger partial charge in [-0.3, -0.25) is 0 Å². The minimum absolute atomic E-state index is 0.202. The smallest absolute Gasteiger partial charge is 0.147 e. The summed E-state index contributed by atoms with van der Waals surface area (Å²) in [7, 11) is 0. The van der Waals surface area contributed by atoms with Crippen LogP contribution in [0.25, 0.3) is 22.2 Å². The van der Waals surface area contributed by atoms with Crippen molar-refractivity contribution in [3.63, 3.8) is 0 Å². The van der Waals surface area contributed by atoms with Gasteiger partial charge in [0, 0.05) is 23.4 Å². The van der Waals surface area contributed by atoms with Crippen LogP contribution < -0.4 is 15.4 Å². The van der Waals surface area contributed by atoms with Gasteiger partial charge >= 0.3 is 0 Å². The molecule has 0 radical (unpaired) electrons. The average Bonchev–Trinajstić information content (AvgIpc) is 3.08. The summed E-state index contributed by atoms with van der Waals surface area (Å²) in [5, 5.41) is 0. The summed E-state index contributed by atoms with van der Waals surface area (Å²) in [6, 6.07) is 12.7. The molecule has 1 unspecified atom stereocenters. The second-order valence-corrected chi connectivity index (χ2v) is 11.1. The van der Waals surface area contributed by atoms with Crippen molar-refractivity contribution >= 4 is 16.9 Å². The zero-order valence-corrected chi connectivity index (χ0v) is 21.6. The predicted molar refractivity (Wildman–Crippen MR) is 143 cm³/mol. The zero-order valence-electron chi connectivity index (χ0n) is 21.6. The second-order valence-electron chi connectivity index (χ2n) is 11.1. The van der Waals surface area contributed by atoms with Crippen LogP contribution in [0.3, 0.4) is 0 Å². The maximum atomic E-state index is 6.26. The van der Waals surface area contributed by atoms with Gasteiger partial charge in [0.15, 0.2) is 0 Å². The Morgan fingerprint density at radius 3 is 2.72 bits per heavy atom. The van der Waals surface area contributed by atoms with Crippen molar-refractivity contribution in [2.24, 2.45) is 11.1 Å². The Morgan fingerprint density at radius 1 is 1.08 bits per heavy atom. The normalized spacial score (nSPS) is 17.8. The number of imidazole rings is 1. The molecule has 7 heteroatoms. The molecule has 186 valence electrons. The van der Waals surface area contributed by atoms with Crippen LogP contribution in [0.1, 0.15) is 61.7 Å². The van der Waals surface area contributed by atoms with Crippen molar-refractivity contribution in [1.29, 1.82) is 0 Å². The van der Waals surface area contributed by atoms with Crippen LogP contribution >= 0.6 is 0 Å². The van der Waals surface area contributed by atoms with Crippen molar-refractivity contribution in [1.82, 2.24) is 19.9 Å². The van der Waals surface area contributed by atoms with Crippen LogP contribution in [-0.4, -0.2) is 33.1 Å². The first-order valence-electron chi connectivity index (χ1n) is 12.9. The van der Waals surface area contributed by atoms with E-state index < -0.39 is 0 Å². The number of rotatable bonds is 3. The van der Waals surface area contributed by atoms with Gasteiger partial charge in [-0.1, -0.05) is 26.0 Å². The summed E-state index contributed by atoms with van der Waals surface area (Å²) in [5.74, 6) is 3.62. The van der Waals surface area contributed by atoms with E-state index >= 15 is 0 Å². The molecule has 36 heavy (non-hydrogen) atoms. The molecule has 2 aromatic carbocycles. The summed E-state index contributed by atoms with van der Waals surface area (Å²) in [6.45, 7) is 10.7. The molecule has 0 fully saturated rings. The minimum Gasteiger partial charge on any atom is -0.491 e. The van der Waals surface area contributed by atoms with Gasteiger partial charge in [0.05, 0.1) is 23.6 Å². The van der Waals surface area contributed by atoms with Crippen molar-refractivity contribution in [3.05, 3.63) is 64.9 Å². The molecule has 0 saturated heterocycles. The number of H-pyrrole nitrogens is 1. The topological polar surface area (TPSA) is 93.0 Å². The number of fused-ring (bicyclic) bond motifs is 3. The van der Waals surface area contributed by atoms with E-state index in [2.05, 4.69) is 65.1 Å². The van der Waals surface area contributed by atoms with Gasteiger partial charge in [-0.15, -0.1) is 0 Å². The largest absolute Gasteiger partial charge is 0.491 e. The third-order valence-corrected chi connectivity index (χ3v) is 7.46. The molecule has 0 saturated carbocycles. The number of nitrogens with zero attached hydrogens (tertiary/aromatic N) is 4. The molecule has 1 aliphatic carbocycles. The van der Waals surface area contributed by atoms with Crippen molar-refractivity contribution in [2.45, 2.75) is 59.5 Å².